The first-order valence-corrected chi connectivity index (χ1v) is 9.00. The van der Waals surface area contributed by atoms with Crippen LogP contribution in [0.2, 0.25) is 0 Å². The summed E-state index contributed by atoms with van der Waals surface area (Å²) in [7, 11) is 0. The summed E-state index contributed by atoms with van der Waals surface area (Å²) in [6, 6.07) is 9.55. The molecule has 0 fully saturated rings. The highest BCUT2D eigenvalue weighted by atomic mass is 16.7. The number of hydrogen-bond donors (Lipinski definition) is 2. The summed E-state index contributed by atoms with van der Waals surface area (Å²) in [6.45, 7) is 1.73. The van der Waals surface area contributed by atoms with Crippen molar-refractivity contribution in [2.24, 2.45) is 0 Å². The van der Waals surface area contributed by atoms with Crippen molar-refractivity contribution < 1.29 is 28.7 Å². The van der Waals surface area contributed by atoms with Gasteiger partial charge in [-0.3, -0.25) is 10.1 Å². The highest BCUT2D eigenvalue weighted by Gasteiger charge is 2.32. The molecule has 30 heavy (non-hydrogen) atoms. The summed E-state index contributed by atoms with van der Waals surface area (Å²) in [5.41, 5.74) is 1.70. The Hall–Kier alpha value is -4.08. The Labute approximate surface area is 170 Å². The maximum atomic E-state index is 12.8. The molecule has 4 rings (SSSR count). The van der Waals surface area contributed by atoms with E-state index in [4.69, 9.17) is 14.2 Å². The zero-order chi connectivity index (χ0) is 21.3. The number of urea groups is 1. The Morgan fingerprint density at radius 3 is 2.67 bits per heavy atom. The van der Waals surface area contributed by atoms with Gasteiger partial charge in [0, 0.05) is 17.8 Å². The number of carbonyl (C=O) groups excluding carboxylic acids is 2. The van der Waals surface area contributed by atoms with E-state index in [1.165, 1.54) is 24.3 Å². The third-order valence-corrected chi connectivity index (χ3v) is 4.73. The molecule has 10 heteroatoms. The number of fused-ring (bicyclic) bond motifs is 1. The molecule has 10 nitrogen and oxygen atoms in total. The van der Waals surface area contributed by atoms with E-state index in [-0.39, 0.29) is 24.7 Å². The predicted octanol–water partition coefficient (Wildman–Crippen LogP) is 2.69. The van der Waals surface area contributed by atoms with Crippen molar-refractivity contribution in [1.82, 2.24) is 10.6 Å². The van der Waals surface area contributed by atoms with Crippen LogP contribution in [-0.2, 0) is 16.1 Å². The lowest BCUT2D eigenvalue weighted by Crippen LogP contribution is -2.45. The minimum absolute atomic E-state index is 0.00676. The zero-order valence-electron chi connectivity index (χ0n) is 15.8. The lowest BCUT2D eigenvalue weighted by atomic mass is 9.95. The molecule has 2 heterocycles. The van der Waals surface area contributed by atoms with Gasteiger partial charge in [0.25, 0.3) is 5.69 Å². The number of hydrogen-bond acceptors (Lipinski definition) is 7. The number of esters is 1. The first-order valence-electron chi connectivity index (χ1n) is 9.00. The van der Waals surface area contributed by atoms with Gasteiger partial charge in [0.15, 0.2) is 11.5 Å². The molecule has 2 aliphatic rings. The van der Waals surface area contributed by atoms with Gasteiger partial charge in [0.05, 0.1) is 16.5 Å². The van der Waals surface area contributed by atoms with Gasteiger partial charge in [0.1, 0.15) is 6.61 Å². The Balaban J connectivity index is 1.54. The normalized spacial score (nSPS) is 17.2. The van der Waals surface area contributed by atoms with Crippen LogP contribution in [0.5, 0.6) is 11.5 Å². The quantitative estimate of drug-likeness (QED) is 0.440. The molecule has 0 unspecified atom stereocenters. The number of nitro benzene ring substituents is 1. The number of nitrogens with zero attached hydrogens (tertiary/aromatic N) is 1. The number of allylic oxidation sites excluding steroid dienone is 1. The zero-order valence-corrected chi connectivity index (χ0v) is 15.8. The maximum Gasteiger partial charge on any atom is 0.338 e. The predicted molar refractivity (Wildman–Crippen MR) is 103 cm³/mol. The third kappa shape index (κ3) is 3.75. The van der Waals surface area contributed by atoms with Gasteiger partial charge < -0.3 is 24.8 Å². The molecule has 0 saturated heterocycles. The first-order chi connectivity index (χ1) is 14.4. The average molecular weight is 411 g/mol. The van der Waals surface area contributed by atoms with Crippen LogP contribution in [0.4, 0.5) is 10.5 Å². The number of rotatable bonds is 5. The molecule has 2 aromatic carbocycles. The number of nitrogens with one attached hydrogen (secondary N) is 2. The van der Waals surface area contributed by atoms with Gasteiger partial charge in [-0.2, -0.15) is 0 Å². The Kier molecular flexibility index (Phi) is 4.97. The van der Waals surface area contributed by atoms with Crippen molar-refractivity contribution in [2.75, 3.05) is 6.79 Å². The van der Waals surface area contributed by atoms with E-state index in [2.05, 4.69) is 10.6 Å². The molecule has 0 aliphatic carbocycles. The number of amides is 2. The van der Waals surface area contributed by atoms with Crippen LogP contribution in [0.25, 0.3) is 0 Å². The van der Waals surface area contributed by atoms with Gasteiger partial charge in [-0.05, 0) is 42.3 Å². The summed E-state index contributed by atoms with van der Waals surface area (Å²) < 4.78 is 16.0. The van der Waals surface area contributed by atoms with E-state index in [0.29, 0.717) is 28.3 Å². The third-order valence-electron chi connectivity index (χ3n) is 4.73. The van der Waals surface area contributed by atoms with Gasteiger partial charge >= 0.3 is 12.0 Å². The fraction of sp³-hybridized carbons (Fsp3) is 0.200. The van der Waals surface area contributed by atoms with Crippen LogP contribution in [0.3, 0.4) is 0 Å². The minimum atomic E-state index is -0.802. The van der Waals surface area contributed by atoms with Gasteiger partial charge in [-0.1, -0.05) is 6.07 Å². The number of non-ortho nitro benzene ring substituents is 1. The summed E-state index contributed by atoms with van der Waals surface area (Å²) in [6.07, 6.45) is 0. The molecule has 154 valence electrons. The van der Waals surface area contributed by atoms with Crippen molar-refractivity contribution in [3.8, 4) is 11.5 Å². The standard InChI is InChI=1S/C20H17N3O7/c1-11-17(19(24)28-9-12-2-7-15-16(8-12)30-10-29-15)18(22-20(25)21-11)13-3-5-14(6-4-13)23(26)27/h2-8,18H,9-10H2,1H3,(H2,21,22,25)/t18-/m0/s1. The summed E-state index contributed by atoms with van der Waals surface area (Å²) in [5.74, 6) is 0.580. The SMILES string of the molecule is CC1=C(C(=O)OCc2ccc3c(c2)OCO3)[C@H](c2ccc([N+](=O)[O-])cc2)NC(=O)N1. The highest BCUT2D eigenvalue weighted by Crippen LogP contribution is 2.33. The Bertz CT molecular complexity index is 1060. The molecule has 2 aromatic rings. The second kappa shape index (κ2) is 7.74. The summed E-state index contributed by atoms with van der Waals surface area (Å²) in [5, 5.41) is 16.1. The molecule has 0 radical (unpaired) electrons. The highest BCUT2D eigenvalue weighted by molar-refractivity contribution is 5.95. The topological polar surface area (TPSA) is 129 Å². The van der Waals surface area contributed by atoms with Crippen LogP contribution in [0.1, 0.15) is 24.1 Å². The van der Waals surface area contributed by atoms with E-state index in [9.17, 15) is 19.7 Å². The fourth-order valence-corrected chi connectivity index (χ4v) is 3.26. The van der Waals surface area contributed by atoms with Gasteiger partial charge in [-0.25, -0.2) is 9.59 Å². The second-order valence-corrected chi connectivity index (χ2v) is 6.68. The monoisotopic (exact) mass is 411 g/mol. The van der Waals surface area contributed by atoms with Crippen LogP contribution >= 0.6 is 0 Å². The lowest BCUT2D eigenvalue weighted by molar-refractivity contribution is -0.384. The van der Waals surface area contributed by atoms with Crippen LogP contribution < -0.4 is 20.1 Å². The molecule has 0 aromatic heterocycles. The molecular formula is C20H17N3O7. The van der Waals surface area contributed by atoms with E-state index in [1.807, 2.05) is 0 Å². The summed E-state index contributed by atoms with van der Waals surface area (Å²) >= 11 is 0. The van der Waals surface area contributed by atoms with Crippen molar-refractivity contribution in [1.29, 1.82) is 0 Å². The molecule has 1 atom stereocenters. The number of ether oxygens (including phenoxy) is 3. The van der Waals surface area contributed by atoms with E-state index in [0.717, 1.165) is 0 Å². The summed E-state index contributed by atoms with van der Waals surface area (Å²) in [4.78, 5) is 35.2. The molecule has 2 amide bonds. The maximum absolute atomic E-state index is 12.8. The van der Waals surface area contributed by atoms with Crippen molar-refractivity contribution in [3.63, 3.8) is 0 Å². The van der Waals surface area contributed by atoms with Crippen molar-refractivity contribution >= 4 is 17.7 Å². The van der Waals surface area contributed by atoms with E-state index < -0.39 is 23.0 Å². The van der Waals surface area contributed by atoms with Gasteiger partial charge in [0.2, 0.25) is 6.79 Å². The second-order valence-electron chi connectivity index (χ2n) is 6.68. The number of nitro groups is 1. The van der Waals surface area contributed by atoms with Crippen LogP contribution in [-0.4, -0.2) is 23.7 Å². The van der Waals surface area contributed by atoms with Crippen molar-refractivity contribution in [2.45, 2.75) is 19.6 Å². The van der Waals surface area contributed by atoms with Crippen LogP contribution in [0.15, 0.2) is 53.7 Å². The lowest BCUT2D eigenvalue weighted by Gasteiger charge is -2.28. The first kappa shape index (κ1) is 19.2. The van der Waals surface area contributed by atoms with Crippen molar-refractivity contribution in [3.05, 3.63) is 75.0 Å². The Morgan fingerprint density at radius 1 is 1.20 bits per heavy atom. The largest absolute Gasteiger partial charge is 0.457 e. The number of carbonyl (C=O) groups is 2. The van der Waals surface area contributed by atoms with Gasteiger partial charge in [-0.15, -0.1) is 0 Å². The van der Waals surface area contributed by atoms with Crippen LogP contribution in [0, 0.1) is 10.1 Å². The molecule has 2 aliphatic heterocycles. The average Bonchev–Trinajstić information content (AvgIpc) is 3.19. The molecule has 2 N–H and O–H groups in total. The smallest absolute Gasteiger partial charge is 0.338 e. The molecule has 0 spiro atoms. The molecule has 0 bridgehead atoms. The van der Waals surface area contributed by atoms with E-state index >= 15 is 0 Å². The molecule has 0 saturated carbocycles. The number of benzene rings is 2. The van der Waals surface area contributed by atoms with E-state index in [1.54, 1.807) is 25.1 Å². The molecular weight excluding hydrogens is 394 g/mol. The Morgan fingerprint density at radius 2 is 1.93 bits per heavy atom. The minimum Gasteiger partial charge on any atom is -0.457 e. The fourth-order valence-electron chi connectivity index (χ4n) is 3.26.